The van der Waals surface area contributed by atoms with Crippen molar-refractivity contribution >= 4 is 5.97 Å². The SMILES string of the molecule is CCOc1ccc(OCCN2CC(C)C(C(=O)O)C2)cc1. The summed E-state index contributed by atoms with van der Waals surface area (Å²) in [7, 11) is 0. The second-order valence-corrected chi connectivity index (χ2v) is 5.43. The molecule has 1 aliphatic rings. The van der Waals surface area contributed by atoms with E-state index in [0.29, 0.717) is 19.8 Å². The lowest BCUT2D eigenvalue weighted by Crippen LogP contribution is -2.27. The van der Waals surface area contributed by atoms with E-state index in [-0.39, 0.29) is 11.8 Å². The minimum atomic E-state index is -0.697. The molecule has 0 aromatic heterocycles. The van der Waals surface area contributed by atoms with E-state index in [2.05, 4.69) is 4.90 Å². The fourth-order valence-corrected chi connectivity index (χ4v) is 2.66. The summed E-state index contributed by atoms with van der Waals surface area (Å²) in [5, 5.41) is 9.10. The summed E-state index contributed by atoms with van der Waals surface area (Å²) in [6, 6.07) is 7.55. The zero-order valence-corrected chi connectivity index (χ0v) is 12.6. The van der Waals surface area contributed by atoms with Crippen LogP contribution in [-0.4, -0.2) is 48.8 Å². The molecule has 5 nitrogen and oxygen atoms in total. The number of hydrogen-bond donors (Lipinski definition) is 1. The van der Waals surface area contributed by atoms with Gasteiger partial charge in [-0.05, 0) is 37.1 Å². The molecule has 1 aromatic rings. The van der Waals surface area contributed by atoms with E-state index < -0.39 is 5.97 Å². The van der Waals surface area contributed by atoms with Crippen LogP contribution in [0.1, 0.15) is 13.8 Å². The van der Waals surface area contributed by atoms with Gasteiger partial charge in [0, 0.05) is 19.6 Å². The number of aliphatic carboxylic acids is 1. The molecule has 21 heavy (non-hydrogen) atoms. The maximum atomic E-state index is 11.1. The molecule has 1 aliphatic heterocycles. The first kappa shape index (κ1) is 15.6. The fraction of sp³-hybridized carbons (Fsp3) is 0.562. The predicted octanol–water partition coefficient (Wildman–Crippen LogP) is 2.12. The van der Waals surface area contributed by atoms with Crippen molar-refractivity contribution in [1.82, 2.24) is 4.90 Å². The number of carboxylic acids is 1. The van der Waals surface area contributed by atoms with Gasteiger partial charge in [0.1, 0.15) is 18.1 Å². The molecule has 2 unspecified atom stereocenters. The number of carboxylic acid groups (broad SMARTS) is 1. The molecule has 5 heteroatoms. The number of carbonyl (C=O) groups is 1. The zero-order chi connectivity index (χ0) is 15.2. The van der Waals surface area contributed by atoms with Gasteiger partial charge in [-0.1, -0.05) is 6.92 Å². The summed E-state index contributed by atoms with van der Waals surface area (Å²) in [6.45, 7) is 7.34. The highest BCUT2D eigenvalue weighted by Gasteiger charge is 2.34. The maximum Gasteiger partial charge on any atom is 0.308 e. The third kappa shape index (κ3) is 4.36. The molecule has 0 amide bonds. The minimum Gasteiger partial charge on any atom is -0.494 e. The second kappa shape index (κ2) is 7.31. The van der Waals surface area contributed by atoms with Gasteiger partial charge in [0.25, 0.3) is 0 Å². The van der Waals surface area contributed by atoms with Crippen molar-refractivity contribution in [2.45, 2.75) is 13.8 Å². The van der Waals surface area contributed by atoms with Crippen LogP contribution in [0.4, 0.5) is 0 Å². The van der Waals surface area contributed by atoms with Crippen molar-refractivity contribution in [1.29, 1.82) is 0 Å². The lowest BCUT2D eigenvalue weighted by atomic mass is 9.99. The summed E-state index contributed by atoms with van der Waals surface area (Å²) in [4.78, 5) is 13.2. The smallest absolute Gasteiger partial charge is 0.308 e. The highest BCUT2D eigenvalue weighted by atomic mass is 16.5. The van der Waals surface area contributed by atoms with Crippen LogP contribution in [0.25, 0.3) is 0 Å². The van der Waals surface area contributed by atoms with Crippen LogP contribution in [0.5, 0.6) is 11.5 Å². The summed E-state index contributed by atoms with van der Waals surface area (Å²) >= 11 is 0. The lowest BCUT2D eigenvalue weighted by Gasteiger charge is -2.15. The molecule has 1 aromatic carbocycles. The van der Waals surface area contributed by atoms with Crippen LogP contribution in [0.15, 0.2) is 24.3 Å². The van der Waals surface area contributed by atoms with Crippen molar-refractivity contribution in [2.75, 3.05) is 32.8 Å². The average molecular weight is 293 g/mol. The van der Waals surface area contributed by atoms with Gasteiger partial charge < -0.3 is 14.6 Å². The molecule has 1 heterocycles. The topological polar surface area (TPSA) is 59.0 Å². The van der Waals surface area contributed by atoms with E-state index >= 15 is 0 Å². The molecule has 0 aliphatic carbocycles. The summed E-state index contributed by atoms with van der Waals surface area (Å²) in [5.41, 5.74) is 0. The summed E-state index contributed by atoms with van der Waals surface area (Å²) in [6.07, 6.45) is 0. The van der Waals surface area contributed by atoms with Crippen LogP contribution in [0.3, 0.4) is 0 Å². The summed E-state index contributed by atoms with van der Waals surface area (Å²) < 4.78 is 11.1. The largest absolute Gasteiger partial charge is 0.494 e. The zero-order valence-electron chi connectivity index (χ0n) is 12.6. The Labute approximate surface area is 125 Å². The van der Waals surface area contributed by atoms with Gasteiger partial charge in [-0.15, -0.1) is 0 Å². The predicted molar refractivity (Wildman–Crippen MR) is 79.8 cm³/mol. The van der Waals surface area contributed by atoms with Crippen molar-refractivity contribution in [3.63, 3.8) is 0 Å². The van der Waals surface area contributed by atoms with E-state index in [1.807, 2.05) is 38.1 Å². The van der Waals surface area contributed by atoms with Gasteiger partial charge in [0.15, 0.2) is 0 Å². The molecule has 1 saturated heterocycles. The quantitative estimate of drug-likeness (QED) is 0.834. The molecule has 116 valence electrons. The standard InChI is InChI=1S/C16H23NO4/c1-3-20-13-4-6-14(7-5-13)21-9-8-17-10-12(2)15(11-17)16(18)19/h4-7,12,15H,3,8-11H2,1-2H3,(H,18,19). The average Bonchev–Trinajstić information content (AvgIpc) is 2.82. The van der Waals surface area contributed by atoms with Gasteiger partial charge in [0.05, 0.1) is 12.5 Å². The molecule has 0 spiro atoms. The number of rotatable bonds is 7. The number of nitrogens with zero attached hydrogens (tertiary/aromatic N) is 1. The Bertz CT molecular complexity index is 460. The van der Waals surface area contributed by atoms with Crippen LogP contribution in [0, 0.1) is 11.8 Å². The summed E-state index contributed by atoms with van der Waals surface area (Å²) in [5.74, 6) is 0.892. The number of benzene rings is 1. The first-order valence-electron chi connectivity index (χ1n) is 7.41. The Kier molecular flexibility index (Phi) is 5.44. The molecular formula is C16H23NO4. The number of likely N-dealkylation sites (tertiary alicyclic amines) is 1. The van der Waals surface area contributed by atoms with E-state index in [4.69, 9.17) is 14.6 Å². The van der Waals surface area contributed by atoms with Gasteiger partial charge in [0.2, 0.25) is 0 Å². The minimum absolute atomic E-state index is 0.202. The maximum absolute atomic E-state index is 11.1. The molecular weight excluding hydrogens is 270 g/mol. The molecule has 0 radical (unpaired) electrons. The fourth-order valence-electron chi connectivity index (χ4n) is 2.66. The first-order valence-corrected chi connectivity index (χ1v) is 7.41. The van der Waals surface area contributed by atoms with Gasteiger partial charge in [-0.2, -0.15) is 0 Å². The molecule has 2 atom stereocenters. The first-order chi connectivity index (χ1) is 10.1. The Morgan fingerprint density at radius 1 is 1.24 bits per heavy atom. The van der Waals surface area contributed by atoms with E-state index in [1.165, 1.54) is 0 Å². The number of ether oxygens (including phenoxy) is 2. The monoisotopic (exact) mass is 293 g/mol. The van der Waals surface area contributed by atoms with Crippen LogP contribution in [0.2, 0.25) is 0 Å². The molecule has 1 N–H and O–H groups in total. The molecule has 1 fully saturated rings. The van der Waals surface area contributed by atoms with Crippen LogP contribution >= 0.6 is 0 Å². The third-order valence-corrected chi connectivity index (χ3v) is 3.82. The van der Waals surface area contributed by atoms with Gasteiger partial charge in [-0.3, -0.25) is 9.69 Å². The Balaban J connectivity index is 1.73. The van der Waals surface area contributed by atoms with E-state index in [9.17, 15) is 4.79 Å². The second-order valence-electron chi connectivity index (χ2n) is 5.43. The lowest BCUT2D eigenvalue weighted by molar-refractivity contribution is -0.142. The van der Waals surface area contributed by atoms with Crippen LogP contribution in [-0.2, 0) is 4.79 Å². The van der Waals surface area contributed by atoms with Crippen molar-refractivity contribution in [3.8, 4) is 11.5 Å². The Morgan fingerprint density at radius 3 is 2.38 bits per heavy atom. The van der Waals surface area contributed by atoms with Gasteiger partial charge in [-0.25, -0.2) is 0 Å². The number of hydrogen-bond acceptors (Lipinski definition) is 4. The van der Waals surface area contributed by atoms with Crippen LogP contribution < -0.4 is 9.47 Å². The highest BCUT2D eigenvalue weighted by Crippen LogP contribution is 2.23. The van der Waals surface area contributed by atoms with E-state index in [0.717, 1.165) is 24.6 Å². The van der Waals surface area contributed by atoms with Crippen molar-refractivity contribution in [3.05, 3.63) is 24.3 Å². The molecule has 0 saturated carbocycles. The van der Waals surface area contributed by atoms with Gasteiger partial charge >= 0.3 is 5.97 Å². The Hall–Kier alpha value is -1.75. The molecule has 2 rings (SSSR count). The third-order valence-electron chi connectivity index (χ3n) is 3.82. The van der Waals surface area contributed by atoms with Crippen molar-refractivity contribution < 1.29 is 19.4 Å². The Morgan fingerprint density at radius 2 is 1.86 bits per heavy atom. The molecule has 0 bridgehead atoms. The highest BCUT2D eigenvalue weighted by molar-refractivity contribution is 5.71. The van der Waals surface area contributed by atoms with Crippen molar-refractivity contribution in [2.24, 2.45) is 11.8 Å². The normalized spacial score (nSPS) is 22.2. The van der Waals surface area contributed by atoms with E-state index in [1.54, 1.807) is 0 Å².